The average Bonchev–Trinajstić information content (AvgIpc) is 2.79. The third-order valence-corrected chi connectivity index (χ3v) is 4.11. The number of rotatable bonds is 5. The van der Waals surface area contributed by atoms with Gasteiger partial charge in [0.2, 0.25) is 0 Å². The van der Waals surface area contributed by atoms with Crippen LogP contribution in [0.1, 0.15) is 18.2 Å². The van der Waals surface area contributed by atoms with Crippen LogP contribution in [0.4, 0.5) is 0 Å². The van der Waals surface area contributed by atoms with Gasteiger partial charge >= 0.3 is 0 Å². The first kappa shape index (κ1) is 12.7. The molecule has 2 rings (SSSR count). The molecule has 0 aliphatic heterocycles. The second-order valence-corrected chi connectivity index (χ2v) is 5.76. The summed E-state index contributed by atoms with van der Waals surface area (Å²) in [6.07, 6.45) is 3.12. The van der Waals surface area contributed by atoms with Gasteiger partial charge in [0.15, 0.2) is 0 Å². The number of thiazole rings is 1. The minimum absolute atomic E-state index is 0.913. The minimum atomic E-state index is 0.913. The third-order valence-electron chi connectivity index (χ3n) is 2.38. The zero-order valence-corrected chi connectivity index (χ0v) is 12.1. The topological polar surface area (TPSA) is 24.9 Å². The molecule has 0 atom stereocenters. The molecule has 1 heterocycles. The van der Waals surface area contributed by atoms with E-state index in [9.17, 15) is 0 Å². The highest BCUT2D eigenvalue weighted by molar-refractivity contribution is 9.10. The van der Waals surface area contributed by atoms with Crippen molar-refractivity contribution >= 4 is 27.3 Å². The van der Waals surface area contributed by atoms with Gasteiger partial charge in [0.05, 0.1) is 0 Å². The van der Waals surface area contributed by atoms with E-state index in [1.54, 1.807) is 11.3 Å². The predicted octanol–water partition coefficient (Wildman–Crippen LogP) is 4.07. The van der Waals surface area contributed by atoms with Crippen molar-refractivity contribution in [1.29, 1.82) is 0 Å². The molecular formula is C13H15BrN2S. The van der Waals surface area contributed by atoms with E-state index in [0.717, 1.165) is 29.0 Å². The molecule has 4 heteroatoms. The molecule has 0 unspecified atom stereocenters. The van der Waals surface area contributed by atoms with Crippen molar-refractivity contribution in [3.8, 4) is 10.6 Å². The Morgan fingerprint density at radius 2 is 2.18 bits per heavy atom. The molecule has 17 heavy (non-hydrogen) atoms. The van der Waals surface area contributed by atoms with Crippen molar-refractivity contribution in [2.45, 2.75) is 19.9 Å². The van der Waals surface area contributed by atoms with E-state index in [1.165, 1.54) is 10.4 Å². The Labute approximate surface area is 114 Å². The van der Waals surface area contributed by atoms with Crippen LogP contribution in [-0.2, 0) is 6.54 Å². The summed E-state index contributed by atoms with van der Waals surface area (Å²) in [5.74, 6) is 0. The SMILES string of the molecule is CCCNCc1cnc(-c2ccccc2Br)s1. The number of aromatic nitrogens is 1. The highest BCUT2D eigenvalue weighted by Gasteiger charge is 2.07. The molecule has 0 aliphatic rings. The molecule has 0 fully saturated rings. The quantitative estimate of drug-likeness (QED) is 0.842. The summed E-state index contributed by atoms with van der Waals surface area (Å²) in [4.78, 5) is 5.76. The van der Waals surface area contributed by atoms with Crippen molar-refractivity contribution in [3.63, 3.8) is 0 Å². The van der Waals surface area contributed by atoms with Gasteiger partial charge in [-0.25, -0.2) is 4.98 Å². The van der Waals surface area contributed by atoms with Gasteiger partial charge in [-0.1, -0.05) is 41.1 Å². The Balaban J connectivity index is 2.10. The van der Waals surface area contributed by atoms with Crippen molar-refractivity contribution in [2.75, 3.05) is 6.54 Å². The van der Waals surface area contributed by atoms with Crippen LogP contribution < -0.4 is 5.32 Å². The number of hydrogen-bond donors (Lipinski definition) is 1. The van der Waals surface area contributed by atoms with E-state index in [0.29, 0.717) is 0 Å². The molecule has 0 amide bonds. The van der Waals surface area contributed by atoms with E-state index in [1.807, 2.05) is 24.4 Å². The average molecular weight is 311 g/mol. The largest absolute Gasteiger partial charge is 0.312 e. The van der Waals surface area contributed by atoms with Gasteiger partial charge in [-0.2, -0.15) is 0 Å². The molecule has 0 aliphatic carbocycles. The highest BCUT2D eigenvalue weighted by Crippen LogP contribution is 2.31. The molecule has 0 spiro atoms. The van der Waals surface area contributed by atoms with Gasteiger partial charge in [-0.3, -0.25) is 0 Å². The summed E-state index contributed by atoms with van der Waals surface area (Å²) in [6.45, 7) is 4.14. The lowest BCUT2D eigenvalue weighted by Crippen LogP contribution is -2.12. The van der Waals surface area contributed by atoms with Crippen molar-refractivity contribution in [1.82, 2.24) is 10.3 Å². The van der Waals surface area contributed by atoms with E-state index in [-0.39, 0.29) is 0 Å². The Morgan fingerprint density at radius 1 is 1.35 bits per heavy atom. The van der Waals surface area contributed by atoms with Gasteiger partial charge < -0.3 is 5.32 Å². The van der Waals surface area contributed by atoms with Gasteiger partial charge in [-0.05, 0) is 19.0 Å². The van der Waals surface area contributed by atoms with Crippen LogP contribution in [0.15, 0.2) is 34.9 Å². The molecule has 0 saturated heterocycles. The van der Waals surface area contributed by atoms with E-state index in [2.05, 4.69) is 39.2 Å². The van der Waals surface area contributed by atoms with Crippen molar-refractivity contribution < 1.29 is 0 Å². The van der Waals surface area contributed by atoms with Crippen LogP contribution in [0.25, 0.3) is 10.6 Å². The minimum Gasteiger partial charge on any atom is -0.312 e. The third kappa shape index (κ3) is 3.37. The second-order valence-electron chi connectivity index (χ2n) is 3.79. The van der Waals surface area contributed by atoms with E-state index in [4.69, 9.17) is 0 Å². The molecular weight excluding hydrogens is 296 g/mol. The first-order valence-electron chi connectivity index (χ1n) is 5.71. The molecule has 0 bridgehead atoms. The normalized spacial score (nSPS) is 10.7. The molecule has 1 aromatic heterocycles. The number of halogens is 1. The molecule has 2 nitrogen and oxygen atoms in total. The lowest BCUT2D eigenvalue weighted by Gasteiger charge is -1.99. The summed E-state index contributed by atoms with van der Waals surface area (Å²) >= 11 is 5.30. The van der Waals surface area contributed by atoms with Gasteiger partial charge in [0.1, 0.15) is 5.01 Å². The van der Waals surface area contributed by atoms with E-state index >= 15 is 0 Å². The Bertz CT molecular complexity index is 482. The smallest absolute Gasteiger partial charge is 0.124 e. The zero-order chi connectivity index (χ0) is 12.1. The fraction of sp³-hybridized carbons (Fsp3) is 0.308. The standard InChI is InChI=1S/C13H15BrN2S/c1-2-7-15-8-10-9-16-13(17-10)11-5-3-4-6-12(11)14/h3-6,9,15H,2,7-8H2,1H3. The van der Waals surface area contributed by atoms with Crippen LogP contribution in [0.3, 0.4) is 0 Å². The number of nitrogens with zero attached hydrogens (tertiary/aromatic N) is 1. The fourth-order valence-corrected chi connectivity index (χ4v) is 3.06. The number of nitrogens with one attached hydrogen (secondary N) is 1. The van der Waals surface area contributed by atoms with Crippen molar-refractivity contribution in [3.05, 3.63) is 39.8 Å². The maximum atomic E-state index is 4.47. The van der Waals surface area contributed by atoms with Crippen LogP contribution in [-0.4, -0.2) is 11.5 Å². The summed E-state index contributed by atoms with van der Waals surface area (Å²) in [5, 5.41) is 4.46. The molecule has 0 saturated carbocycles. The summed E-state index contributed by atoms with van der Waals surface area (Å²) in [7, 11) is 0. The molecule has 1 aromatic carbocycles. The van der Waals surface area contributed by atoms with Crippen LogP contribution in [0, 0.1) is 0 Å². The van der Waals surface area contributed by atoms with Gasteiger partial charge in [-0.15, -0.1) is 11.3 Å². The maximum Gasteiger partial charge on any atom is 0.124 e. The highest BCUT2D eigenvalue weighted by atomic mass is 79.9. The zero-order valence-electron chi connectivity index (χ0n) is 9.74. The Hall–Kier alpha value is -0.710. The first-order chi connectivity index (χ1) is 8.31. The first-order valence-corrected chi connectivity index (χ1v) is 7.32. The molecule has 2 aromatic rings. The van der Waals surface area contributed by atoms with Crippen LogP contribution in [0.2, 0.25) is 0 Å². The van der Waals surface area contributed by atoms with E-state index < -0.39 is 0 Å². The maximum absolute atomic E-state index is 4.47. The molecule has 0 radical (unpaired) electrons. The van der Waals surface area contributed by atoms with Crippen LogP contribution >= 0.6 is 27.3 Å². The summed E-state index contributed by atoms with van der Waals surface area (Å²) < 4.78 is 1.10. The van der Waals surface area contributed by atoms with Crippen molar-refractivity contribution in [2.24, 2.45) is 0 Å². The monoisotopic (exact) mass is 310 g/mol. The Morgan fingerprint density at radius 3 is 2.94 bits per heavy atom. The number of benzene rings is 1. The lowest BCUT2D eigenvalue weighted by molar-refractivity contribution is 0.681. The fourth-order valence-electron chi connectivity index (χ4n) is 1.54. The summed E-state index contributed by atoms with van der Waals surface area (Å²) in [5.41, 5.74) is 1.17. The van der Waals surface area contributed by atoms with Gasteiger partial charge in [0.25, 0.3) is 0 Å². The number of hydrogen-bond acceptors (Lipinski definition) is 3. The van der Waals surface area contributed by atoms with Gasteiger partial charge in [0, 0.05) is 27.7 Å². The molecule has 1 N–H and O–H groups in total. The molecule has 90 valence electrons. The predicted molar refractivity (Wildman–Crippen MR) is 77.2 cm³/mol. The Kier molecular flexibility index (Phi) is 4.71. The second kappa shape index (κ2) is 6.28. The lowest BCUT2D eigenvalue weighted by atomic mass is 10.2. The summed E-state index contributed by atoms with van der Waals surface area (Å²) in [6, 6.07) is 8.19. The van der Waals surface area contributed by atoms with Crippen LogP contribution in [0.5, 0.6) is 0 Å².